The van der Waals surface area contributed by atoms with Crippen LogP contribution in [-0.2, 0) is 23.6 Å². The smallest absolute Gasteiger partial charge is 0.262 e. The Morgan fingerprint density at radius 3 is 2.80 bits per heavy atom. The van der Waals surface area contributed by atoms with Crippen molar-refractivity contribution >= 4 is 40.2 Å². The zero-order valence-electron chi connectivity index (χ0n) is 18.9. The molecule has 1 N–H and O–H groups in total. The molecule has 9 heteroatoms. The number of aromatic nitrogens is 2. The highest BCUT2D eigenvalue weighted by molar-refractivity contribution is 7.98. The molecule has 0 aliphatic carbocycles. The lowest BCUT2D eigenvalue weighted by atomic mass is 10.1. The maximum absolute atomic E-state index is 13.5. The fourth-order valence-corrected chi connectivity index (χ4v) is 5.11. The number of fused-ring (bicyclic) bond motifs is 1. The molecule has 35 heavy (non-hydrogen) atoms. The number of nitrogens with one attached hydrogen (secondary N) is 1. The third kappa shape index (κ3) is 5.61. The predicted octanol–water partition coefficient (Wildman–Crippen LogP) is 5.04. The fourth-order valence-electron chi connectivity index (χ4n) is 4.02. The highest BCUT2D eigenvalue weighted by Crippen LogP contribution is 2.25. The van der Waals surface area contributed by atoms with Gasteiger partial charge >= 0.3 is 0 Å². The van der Waals surface area contributed by atoms with Crippen LogP contribution >= 0.6 is 23.4 Å². The number of amides is 1. The standard InChI is InChI=1S/C26H24ClN3O4S/c27-19-8-5-17(6-9-19)16-35-26-29-23-13-18(24(31)28-14-20-3-1-11-33-20)7-10-22(23)25(32)30(26)15-21-4-2-12-34-21/h1,3,5-11,13,21H,2,4,12,14-16H2,(H,28,31). The van der Waals surface area contributed by atoms with E-state index in [2.05, 4.69) is 5.32 Å². The normalized spacial score (nSPS) is 15.5. The summed E-state index contributed by atoms with van der Waals surface area (Å²) in [5, 5.41) is 4.58. The summed E-state index contributed by atoms with van der Waals surface area (Å²) in [6.07, 6.45) is 3.46. The molecule has 7 nitrogen and oxygen atoms in total. The van der Waals surface area contributed by atoms with Crippen molar-refractivity contribution in [1.29, 1.82) is 0 Å². The third-order valence-corrected chi connectivity index (χ3v) is 7.18. The van der Waals surface area contributed by atoms with Gasteiger partial charge in [-0.3, -0.25) is 14.2 Å². The third-order valence-electron chi connectivity index (χ3n) is 5.88. The number of ether oxygens (including phenoxy) is 1. The van der Waals surface area contributed by atoms with Crippen LogP contribution in [0.5, 0.6) is 0 Å². The van der Waals surface area contributed by atoms with Gasteiger partial charge < -0.3 is 14.5 Å². The van der Waals surface area contributed by atoms with Gasteiger partial charge in [-0.25, -0.2) is 4.98 Å². The van der Waals surface area contributed by atoms with Gasteiger partial charge in [0.05, 0.1) is 36.4 Å². The molecule has 1 aliphatic rings. The second-order valence-electron chi connectivity index (χ2n) is 8.35. The Morgan fingerprint density at radius 2 is 2.06 bits per heavy atom. The summed E-state index contributed by atoms with van der Waals surface area (Å²) in [6.45, 7) is 1.45. The number of hydrogen-bond donors (Lipinski definition) is 1. The molecule has 180 valence electrons. The predicted molar refractivity (Wildman–Crippen MR) is 136 cm³/mol. The van der Waals surface area contributed by atoms with Crippen LogP contribution in [-0.4, -0.2) is 28.2 Å². The van der Waals surface area contributed by atoms with E-state index >= 15 is 0 Å². The zero-order valence-corrected chi connectivity index (χ0v) is 20.5. The number of rotatable bonds is 8. The van der Waals surface area contributed by atoms with Crippen molar-refractivity contribution in [1.82, 2.24) is 14.9 Å². The second-order valence-corrected chi connectivity index (χ2v) is 9.73. The van der Waals surface area contributed by atoms with Gasteiger partial charge in [-0.15, -0.1) is 0 Å². The summed E-state index contributed by atoms with van der Waals surface area (Å²) in [5.74, 6) is 1.03. The Labute approximate surface area is 211 Å². The molecule has 5 rings (SSSR count). The molecule has 2 aromatic carbocycles. The van der Waals surface area contributed by atoms with Crippen LogP contribution in [0, 0.1) is 0 Å². The summed E-state index contributed by atoms with van der Waals surface area (Å²) in [7, 11) is 0. The fraction of sp³-hybridized carbons (Fsp3) is 0.269. The molecule has 1 aliphatic heterocycles. The summed E-state index contributed by atoms with van der Waals surface area (Å²) >= 11 is 7.49. The van der Waals surface area contributed by atoms with Gasteiger partial charge in [-0.2, -0.15) is 0 Å². The van der Waals surface area contributed by atoms with Crippen molar-refractivity contribution in [3.05, 3.63) is 93.1 Å². The lowest BCUT2D eigenvalue weighted by molar-refractivity contribution is 0.0937. The van der Waals surface area contributed by atoms with Crippen molar-refractivity contribution < 1.29 is 13.9 Å². The van der Waals surface area contributed by atoms with Gasteiger partial charge in [0.25, 0.3) is 11.5 Å². The molecule has 0 bridgehead atoms. The topological polar surface area (TPSA) is 86.4 Å². The number of benzene rings is 2. The molecule has 1 atom stereocenters. The molecular formula is C26H24ClN3O4S. The maximum atomic E-state index is 13.5. The van der Waals surface area contributed by atoms with E-state index in [1.807, 2.05) is 24.3 Å². The Balaban J connectivity index is 1.44. The van der Waals surface area contributed by atoms with E-state index in [0.717, 1.165) is 18.4 Å². The van der Waals surface area contributed by atoms with Crippen molar-refractivity contribution in [2.45, 2.75) is 42.9 Å². The van der Waals surface area contributed by atoms with Crippen molar-refractivity contribution in [2.24, 2.45) is 0 Å². The summed E-state index contributed by atoms with van der Waals surface area (Å²) in [4.78, 5) is 31.0. The Hall–Kier alpha value is -3.07. The second kappa shape index (κ2) is 10.7. The monoisotopic (exact) mass is 509 g/mol. The van der Waals surface area contributed by atoms with Crippen LogP contribution in [0.2, 0.25) is 5.02 Å². The van der Waals surface area contributed by atoms with E-state index in [0.29, 0.717) is 51.3 Å². The number of carbonyl (C=O) groups excluding carboxylic acids is 1. The summed E-state index contributed by atoms with van der Waals surface area (Å²) < 4.78 is 12.8. The minimum absolute atomic E-state index is 0.00603. The van der Waals surface area contributed by atoms with Crippen LogP contribution in [0.4, 0.5) is 0 Å². The number of thioether (sulfide) groups is 1. The Kier molecular flexibility index (Phi) is 7.22. The molecule has 1 fully saturated rings. The van der Waals surface area contributed by atoms with Gasteiger partial charge in [-0.1, -0.05) is 35.5 Å². The van der Waals surface area contributed by atoms with Crippen LogP contribution < -0.4 is 10.9 Å². The highest BCUT2D eigenvalue weighted by atomic mass is 35.5. The first-order chi connectivity index (χ1) is 17.1. The van der Waals surface area contributed by atoms with Crippen molar-refractivity contribution in [2.75, 3.05) is 6.61 Å². The van der Waals surface area contributed by atoms with Crippen LogP contribution in [0.25, 0.3) is 10.9 Å². The summed E-state index contributed by atoms with van der Waals surface area (Å²) in [6, 6.07) is 16.2. The number of nitrogens with zero attached hydrogens (tertiary/aromatic N) is 2. The first-order valence-electron chi connectivity index (χ1n) is 11.4. The Morgan fingerprint density at radius 1 is 1.20 bits per heavy atom. The average molecular weight is 510 g/mol. The first-order valence-corrected chi connectivity index (χ1v) is 12.8. The van der Waals surface area contributed by atoms with Gasteiger partial charge in [0, 0.05) is 22.9 Å². The van der Waals surface area contributed by atoms with E-state index in [4.69, 9.17) is 25.7 Å². The van der Waals surface area contributed by atoms with E-state index in [-0.39, 0.29) is 24.1 Å². The first kappa shape index (κ1) is 23.7. The van der Waals surface area contributed by atoms with Crippen LogP contribution in [0.1, 0.15) is 34.5 Å². The summed E-state index contributed by atoms with van der Waals surface area (Å²) in [5.41, 5.74) is 1.86. The number of carbonyl (C=O) groups is 1. The minimum atomic E-state index is -0.260. The van der Waals surface area contributed by atoms with Crippen LogP contribution in [0.15, 0.2) is 75.2 Å². The highest BCUT2D eigenvalue weighted by Gasteiger charge is 2.21. The van der Waals surface area contributed by atoms with Gasteiger partial charge in [0.1, 0.15) is 5.76 Å². The zero-order chi connectivity index (χ0) is 24.2. The molecule has 0 saturated carbocycles. The SMILES string of the molecule is O=C(NCc1ccco1)c1ccc2c(=O)n(CC3CCCO3)c(SCc3ccc(Cl)cc3)nc2c1. The number of hydrogen-bond acceptors (Lipinski definition) is 6. The van der Waals surface area contributed by atoms with E-state index in [1.165, 1.54) is 11.8 Å². The molecule has 1 saturated heterocycles. The average Bonchev–Trinajstić information content (AvgIpc) is 3.58. The molecule has 0 radical (unpaired) electrons. The van der Waals surface area contributed by atoms with Crippen LogP contribution in [0.3, 0.4) is 0 Å². The maximum Gasteiger partial charge on any atom is 0.262 e. The van der Waals surface area contributed by atoms with E-state index in [9.17, 15) is 9.59 Å². The largest absolute Gasteiger partial charge is 0.467 e. The number of halogens is 1. The van der Waals surface area contributed by atoms with Gasteiger partial charge in [0.2, 0.25) is 0 Å². The minimum Gasteiger partial charge on any atom is -0.467 e. The van der Waals surface area contributed by atoms with Gasteiger partial charge in [-0.05, 0) is 60.9 Å². The molecule has 2 aromatic heterocycles. The van der Waals surface area contributed by atoms with Crippen molar-refractivity contribution in [3.8, 4) is 0 Å². The lowest BCUT2D eigenvalue weighted by Gasteiger charge is -2.17. The quantitative estimate of drug-likeness (QED) is 0.264. The molecule has 4 aromatic rings. The van der Waals surface area contributed by atoms with E-state index in [1.54, 1.807) is 41.2 Å². The molecule has 0 spiro atoms. The molecule has 3 heterocycles. The molecule has 1 amide bonds. The van der Waals surface area contributed by atoms with E-state index < -0.39 is 0 Å². The molecular weight excluding hydrogens is 486 g/mol. The molecule has 1 unspecified atom stereocenters. The number of furan rings is 1. The lowest BCUT2D eigenvalue weighted by Crippen LogP contribution is -2.29. The van der Waals surface area contributed by atoms with Crippen molar-refractivity contribution in [3.63, 3.8) is 0 Å². The Bertz CT molecular complexity index is 1380. The van der Waals surface area contributed by atoms with Gasteiger partial charge in [0.15, 0.2) is 5.16 Å².